The quantitative estimate of drug-likeness (QED) is 0.533. The highest BCUT2D eigenvalue weighted by Gasteiger charge is 2.40. The van der Waals surface area contributed by atoms with Crippen LogP contribution in [0.1, 0.15) is 40.9 Å². The Balaban J connectivity index is 1.23. The van der Waals surface area contributed by atoms with E-state index in [1.165, 1.54) is 11.0 Å². The first-order valence-corrected chi connectivity index (χ1v) is 11.1. The molecular weight excluding hydrogens is 436 g/mol. The van der Waals surface area contributed by atoms with Crippen molar-refractivity contribution in [1.82, 2.24) is 15.1 Å². The van der Waals surface area contributed by atoms with E-state index in [2.05, 4.69) is 27.6 Å². The Bertz CT molecular complexity index is 1220. The average molecular weight is 460 g/mol. The van der Waals surface area contributed by atoms with E-state index < -0.39 is 24.0 Å². The van der Waals surface area contributed by atoms with E-state index in [-0.39, 0.29) is 30.0 Å². The first-order valence-electron chi connectivity index (χ1n) is 11.1. The topological polar surface area (TPSA) is 125 Å². The molecule has 9 nitrogen and oxygen atoms in total. The summed E-state index contributed by atoms with van der Waals surface area (Å²) < 4.78 is 5.50. The second kappa shape index (κ2) is 8.66. The summed E-state index contributed by atoms with van der Waals surface area (Å²) in [5, 5.41) is 18.5. The summed E-state index contributed by atoms with van der Waals surface area (Å²) in [5.74, 6) is -1.58. The van der Waals surface area contributed by atoms with Gasteiger partial charge < -0.3 is 14.7 Å². The second-order valence-corrected chi connectivity index (χ2v) is 8.66. The lowest BCUT2D eigenvalue weighted by Gasteiger charge is -2.22. The Hall–Kier alpha value is -4.14. The van der Waals surface area contributed by atoms with Crippen molar-refractivity contribution in [3.8, 4) is 11.1 Å². The maximum atomic E-state index is 12.8. The Labute approximate surface area is 195 Å². The van der Waals surface area contributed by atoms with E-state index >= 15 is 0 Å². The molecule has 0 radical (unpaired) electrons. The summed E-state index contributed by atoms with van der Waals surface area (Å²) in [5.41, 5.74) is 4.60. The highest BCUT2D eigenvalue weighted by molar-refractivity contribution is 5.96. The maximum absolute atomic E-state index is 12.8. The van der Waals surface area contributed by atoms with Gasteiger partial charge in [0.05, 0.1) is 0 Å². The van der Waals surface area contributed by atoms with Crippen LogP contribution in [-0.2, 0) is 9.53 Å². The minimum Gasteiger partial charge on any atom is -0.480 e. The highest BCUT2D eigenvalue weighted by Crippen LogP contribution is 2.44. The van der Waals surface area contributed by atoms with Gasteiger partial charge in [-0.05, 0) is 34.6 Å². The van der Waals surface area contributed by atoms with Gasteiger partial charge in [-0.1, -0.05) is 55.5 Å². The van der Waals surface area contributed by atoms with E-state index in [0.717, 1.165) is 22.3 Å². The van der Waals surface area contributed by atoms with Gasteiger partial charge in [-0.2, -0.15) is 5.10 Å². The van der Waals surface area contributed by atoms with Gasteiger partial charge in [-0.3, -0.25) is 15.2 Å². The number of nitrogens with zero attached hydrogens (tertiary/aromatic N) is 2. The molecule has 34 heavy (non-hydrogen) atoms. The molecule has 1 aromatic heterocycles. The number of H-pyrrole nitrogens is 1. The summed E-state index contributed by atoms with van der Waals surface area (Å²) in [6.07, 6.45) is -0.0765. The predicted octanol–water partition coefficient (Wildman–Crippen LogP) is 3.71. The number of carbonyl (C=O) groups excluding carboxylic acids is 2. The van der Waals surface area contributed by atoms with E-state index in [1.807, 2.05) is 43.3 Å². The van der Waals surface area contributed by atoms with E-state index in [1.54, 1.807) is 0 Å². The fourth-order valence-corrected chi connectivity index (χ4v) is 4.94. The standard InChI is InChI=1S/C25H24N4O5/c1-14-10-11-29(22(14)24(31)32)23(30)20-12-21(28-27-20)26-25(33)34-13-19-17-8-4-2-6-15(17)16-7-3-5-9-18(16)19/h2-9,12,14,19,22H,10-11,13H2,1H3,(H,31,32)(H2,26,27,28,33). The third-order valence-corrected chi connectivity index (χ3v) is 6.60. The average Bonchev–Trinajstić information content (AvgIpc) is 3.53. The molecule has 1 fully saturated rings. The molecule has 2 atom stereocenters. The lowest BCUT2D eigenvalue weighted by molar-refractivity contribution is -0.142. The van der Waals surface area contributed by atoms with E-state index in [9.17, 15) is 19.5 Å². The molecule has 0 spiro atoms. The van der Waals surface area contributed by atoms with Crippen molar-refractivity contribution in [2.75, 3.05) is 18.5 Å². The minimum absolute atomic E-state index is 0.0698. The first-order chi connectivity index (χ1) is 16.4. The van der Waals surface area contributed by atoms with Gasteiger partial charge in [0.25, 0.3) is 5.91 Å². The van der Waals surface area contributed by atoms with Gasteiger partial charge in [0.2, 0.25) is 0 Å². The maximum Gasteiger partial charge on any atom is 0.412 e. The molecule has 3 N–H and O–H groups in total. The number of benzene rings is 2. The fraction of sp³-hybridized carbons (Fsp3) is 0.280. The van der Waals surface area contributed by atoms with Crippen molar-refractivity contribution in [2.45, 2.75) is 25.3 Å². The van der Waals surface area contributed by atoms with Gasteiger partial charge in [-0.15, -0.1) is 0 Å². The Morgan fingerprint density at radius 1 is 1.12 bits per heavy atom. The molecule has 2 unspecified atom stereocenters. The molecule has 1 aliphatic heterocycles. The summed E-state index contributed by atoms with van der Waals surface area (Å²) in [6, 6.07) is 16.6. The largest absolute Gasteiger partial charge is 0.480 e. The number of aromatic amines is 1. The van der Waals surface area contributed by atoms with Crippen LogP contribution in [0.5, 0.6) is 0 Å². The van der Waals surface area contributed by atoms with Crippen molar-refractivity contribution >= 4 is 23.8 Å². The lowest BCUT2D eigenvalue weighted by atomic mass is 9.98. The van der Waals surface area contributed by atoms with Crippen molar-refractivity contribution < 1.29 is 24.2 Å². The van der Waals surface area contributed by atoms with Gasteiger partial charge in [0.15, 0.2) is 5.82 Å². The molecule has 2 aliphatic rings. The van der Waals surface area contributed by atoms with Crippen molar-refractivity contribution in [1.29, 1.82) is 0 Å². The molecule has 3 aromatic rings. The fourth-order valence-electron chi connectivity index (χ4n) is 4.94. The van der Waals surface area contributed by atoms with Crippen molar-refractivity contribution in [2.24, 2.45) is 5.92 Å². The number of fused-ring (bicyclic) bond motifs is 3. The lowest BCUT2D eigenvalue weighted by Crippen LogP contribution is -2.42. The van der Waals surface area contributed by atoms with Crippen LogP contribution in [0.25, 0.3) is 11.1 Å². The normalized spacial score (nSPS) is 18.9. The number of carboxylic acid groups (broad SMARTS) is 1. The Morgan fingerprint density at radius 2 is 1.76 bits per heavy atom. The molecule has 0 bridgehead atoms. The van der Waals surface area contributed by atoms with Crippen LogP contribution >= 0.6 is 0 Å². The molecular formula is C25H24N4O5. The number of carbonyl (C=O) groups is 3. The molecule has 9 heteroatoms. The first kappa shape index (κ1) is 21.7. The summed E-state index contributed by atoms with van der Waals surface area (Å²) in [4.78, 5) is 38.1. The van der Waals surface area contributed by atoms with Crippen LogP contribution in [0.3, 0.4) is 0 Å². The number of hydrogen-bond acceptors (Lipinski definition) is 5. The number of aliphatic carboxylic acids is 1. The van der Waals surface area contributed by atoms with Crippen molar-refractivity contribution in [3.63, 3.8) is 0 Å². The van der Waals surface area contributed by atoms with Crippen LogP contribution in [0.15, 0.2) is 54.6 Å². The molecule has 174 valence electrons. The number of nitrogens with one attached hydrogen (secondary N) is 2. The van der Waals surface area contributed by atoms with Gasteiger partial charge >= 0.3 is 12.1 Å². The number of rotatable bonds is 5. The molecule has 1 aliphatic carbocycles. The third kappa shape index (κ3) is 3.79. The summed E-state index contributed by atoms with van der Waals surface area (Å²) in [7, 11) is 0. The zero-order chi connectivity index (χ0) is 23.8. The Kier molecular flexibility index (Phi) is 5.53. The predicted molar refractivity (Wildman–Crippen MR) is 124 cm³/mol. The molecule has 2 aromatic carbocycles. The second-order valence-electron chi connectivity index (χ2n) is 8.66. The van der Waals surface area contributed by atoms with Gasteiger partial charge in [0, 0.05) is 18.5 Å². The molecule has 2 heterocycles. The monoisotopic (exact) mass is 460 g/mol. The van der Waals surface area contributed by atoms with Crippen molar-refractivity contribution in [3.05, 3.63) is 71.4 Å². The molecule has 1 saturated heterocycles. The SMILES string of the molecule is CC1CCN(C(=O)c2cc(NC(=O)OCC3c4ccccc4-c4ccccc43)n[nH]2)C1C(=O)O. The summed E-state index contributed by atoms with van der Waals surface area (Å²) in [6.45, 7) is 2.32. The summed E-state index contributed by atoms with van der Waals surface area (Å²) >= 11 is 0. The van der Waals surface area contributed by atoms with E-state index in [4.69, 9.17) is 4.74 Å². The number of ether oxygens (including phenoxy) is 1. The van der Waals surface area contributed by atoms with E-state index in [0.29, 0.717) is 13.0 Å². The van der Waals surface area contributed by atoms with Crippen LogP contribution in [0, 0.1) is 5.92 Å². The van der Waals surface area contributed by atoms with Gasteiger partial charge in [0.1, 0.15) is 18.3 Å². The molecule has 2 amide bonds. The number of hydrogen-bond donors (Lipinski definition) is 3. The minimum atomic E-state index is -1.03. The Morgan fingerprint density at radius 3 is 2.41 bits per heavy atom. The third-order valence-electron chi connectivity index (χ3n) is 6.60. The number of aromatic nitrogens is 2. The van der Waals surface area contributed by atoms with Gasteiger partial charge in [-0.25, -0.2) is 9.59 Å². The molecule has 5 rings (SSSR count). The van der Waals surface area contributed by atoms with Crippen LogP contribution in [0.2, 0.25) is 0 Å². The zero-order valence-corrected chi connectivity index (χ0v) is 18.5. The number of anilines is 1. The van der Waals surface area contributed by atoms with Crippen LogP contribution in [0.4, 0.5) is 10.6 Å². The number of amides is 2. The number of likely N-dealkylation sites (tertiary alicyclic amines) is 1. The number of carboxylic acids is 1. The zero-order valence-electron chi connectivity index (χ0n) is 18.5. The smallest absolute Gasteiger partial charge is 0.412 e. The van der Waals surface area contributed by atoms with Crippen LogP contribution in [-0.4, -0.2) is 57.4 Å². The molecule has 0 saturated carbocycles. The highest BCUT2D eigenvalue weighted by atomic mass is 16.5. The van der Waals surface area contributed by atoms with Crippen LogP contribution < -0.4 is 5.32 Å².